The summed E-state index contributed by atoms with van der Waals surface area (Å²) in [5.74, 6) is 1.24. The van der Waals surface area contributed by atoms with Gasteiger partial charge in [-0.2, -0.15) is 0 Å². The van der Waals surface area contributed by atoms with Crippen molar-refractivity contribution in [3.8, 4) is 5.75 Å². The first-order chi connectivity index (χ1) is 13.9. The maximum Gasteiger partial charge on any atom is 0.246 e. The van der Waals surface area contributed by atoms with Gasteiger partial charge in [0.2, 0.25) is 11.8 Å². The third-order valence-electron chi connectivity index (χ3n) is 6.26. The second-order valence-electron chi connectivity index (χ2n) is 8.74. The van der Waals surface area contributed by atoms with E-state index in [-0.39, 0.29) is 17.9 Å². The molecule has 4 rings (SSSR count). The smallest absolute Gasteiger partial charge is 0.246 e. The van der Waals surface area contributed by atoms with Crippen molar-refractivity contribution in [1.82, 2.24) is 15.2 Å². The number of rotatable bonds is 6. The number of piperazine rings is 1. The molecule has 0 aliphatic carbocycles. The van der Waals surface area contributed by atoms with Crippen molar-refractivity contribution < 1.29 is 14.3 Å². The first-order valence-corrected chi connectivity index (χ1v) is 10.8. The summed E-state index contributed by atoms with van der Waals surface area (Å²) < 4.78 is 5.38. The number of amides is 2. The Bertz CT molecular complexity index is 933. The number of aromatic nitrogens is 1. The standard InChI is InChI=1S/C23H31N3O3/c1-5-6-7-17-23(28)26-19(10-13(2)3)21-16(12-20(26)22(27)25-17)15-9-8-14(29-4)11-18(15)24-21/h8-9,11,13,17,19-20,24H,5-7,10,12H2,1-4H3,(H,25,27)/t17-,19-,20-/m0/s1. The molecule has 2 amide bonds. The van der Waals surface area contributed by atoms with Gasteiger partial charge in [0.05, 0.1) is 13.2 Å². The van der Waals surface area contributed by atoms with Crippen LogP contribution in [0, 0.1) is 5.92 Å². The number of H-pyrrole nitrogens is 1. The molecule has 6 nitrogen and oxygen atoms in total. The van der Waals surface area contributed by atoms with Crippen LogP contribution < -0.4 is 10.1 Å². The van der Waals surface area contributed by atoms with E-state index in [1.807, 2.05) is 17.0 Å². The highest BCUT2D eigenvalue weighted by atomic mass is 16.5. The van der Waals surface area contributed by atoms with Crippen molar-refractivity contribution >= 4 is 22.7 Å². The lowest BCUT2D eigenvalue weighted by Crippen LogP contribution is -2.65. The van der Waals surface area contributed by atoms with Crippen molar-refractivity contribution in [2.75, 3.05) is 7.11 Å². The van der Waals surface area contributed by atoms with Crippen molar-refractivity contribution in [1.29, 1.82) is 0 Å². The van der Waals surface area contributed by atoms with Gasteiger partial charge in [0, 0.05) is 29.1 Å². The molecule has 1 fully saturated rings. The first kappa shape index (κ1) is 19.8. The highest BCUT2D eigenvalue weighted by molar-refractivity contribution is 5.99. The zero-order chi connectivity index (χ0) is 20.7. The average Bonchev–Trinajstić information content (AvgIpc) is 3.06. The molecule has 0 radical (unpaired) electrons. The first-order valence-electron chi connectivity index (χ1n) is 10.8. The van der Waals surface area contributed by atoms with E-state index in [1.54, 1.807) is 7.11 Å². The minimum absolute atomic E-state index is 0.0204. The summed E-state index contributed by atoms with van der Waals surface area (Å²) in [4.78, 5) is 31.9. The molecule has 1 aromatic heterocycles. The van der Waals surface area contributed by atoms with Crippen molar-refractivity contribution in [2.24, 2.45) is 5.92 Å². The largest absolute Gasteiger partial charge is 0.497 e. The van der Waals surface area contributed by atoms with Crippen LogP contribution in [0.25, 0.3) is 10.9 Å². The third-order valence-corrected chi connectivity index (χ3v) is 6.26. The molecular formula is C23H31N3O3. The summed E-state index contributed by atoms with van der Waals surface area (Å²) >= 11 is 0. The predicted molar refractivity (Wildman–Crippen MR) is 113 cm³/mol. The molecule has 3 heterocycles. The zero-order valence-electron chi connectivity index (χ0n) is 17.7. The molecule has 156 valence electrons. The number of hydrogen-bond donors (Lipinski definition) is 2. The van der Waals surface area contributed by atoms with Crippen molar-refractivity contribution in [3.05, 3.63) is 29.5 Å². The van der Waals surface area contributed by atoms with E-state index in [4.69, 9.17) is 4.74 Å². The second kappa shape index (κ2) is 7.73. The van der Waals surface area contributed by atoms with E-state index in [9.17, 15) is 9.59 Å². The van der Waals surface area contributed by atoms with Gasteiger partial charge < -0.3 is 19.9 Å². The lowest BCUT2D eigenvalue weighted by molar-refractivity contribution is -0.154. The number of nitrogens with zero attached hydrogens (tertiary/aromatic N) is 1. The number of ether oxygens (including phenoxy) is 1. The summed E-state index contributed by atoms with van der Waals surface area (Å²) in [5.41, 5.74) is 3.23. The second-order valence-corrected chi connectivity index (χ2v) is 8.74. The summed E-state index contributed by atoms with van der Waals surface area (Å²) in [6.07, 6.45) is 4.02. The number of aromatic amines is 1. The Kier molecular flexibility index (Phi) is 5.28. The van der Waals surface area contributed by atoms with Gasteiger partial charge in [-0.3, -0.25) is 9.59 Å². The zero-order valence-corrected chi connectivity index (χ0v) is 17.7. The van der Waals surface area contributed by atoms with Crippen LogP contribution in [0.1, 0.15) is 63.8 Å². The Morgan fingerprint density at radius 1 is 1.28 bits per heavy atom. The fourth-order valence-electron chi connectivity index (χ4n) is 4.85. The number of benzene rings is 1. The topological polar surface area (TPSA) is 74.4 Å². The van der Waals surface area contributed by atoms with Crippen LogP contribution in [0.4, 0.5) is 0 Å². The molecule has 29 heavy (non-hydrogen) atoms. The minimum atomic E-state index is -0.433. The SMILES string of the molecule is CCCC[C@@H]1NC(=O)[C@@H]2Cc3c([nH]c4cc(OC)ccc34)[C@H](CC(C)C)N2C1=O. The maximum absolute atomic E-state index is 13.4. The number of fused-ring (bicyclic) bond motifs is 4. The maximum atomic E-state index is 13.4. The number of carbonyl (C=O) groups is 2. The number of hydrogen-bond acceptors (Lipinski definition) is 3. The van der Waals surface area contributed by atoms with Gasteiger partial charge >= 0.3 is 0 Å². The molecule has 0 saturated carbocycles. The molecule has 0 spiro atoms. The average molecular weight is 398 g/mol. The molecule has 1 aromatic carbocycles. The Balaban J connectivity index is 1.80. The summed E-state index contributed by atoms with van der Waals surface area (Å²) in [6, 6.07) is 5.05. The van der Waals surface area contributed by atoms with Crippen molar-refractivity contribution in [3.63, 3.8) is 0 Å². The van der Waals surface area contributed by atoms with Crippen LogP contribution >= 0.6 is 0 Å². The van der Waals surface area contributed by atoms with Crippen LogP contribution in [-0.4, -0.2) is 40.9 Å². The Labute approximate surface area is 172 Å². The Hall–Kier alpha value is -2.50. The summed E-state index contributed by atoms with van der Waals surface area (Å²) in [7, 11) is 1.66. The summed E-state index contributed by atoms with van der Waals surface area (Å²) in [6.45, 7) is 6.43. The highest BCUT2D eigenvalue weighted by Gasteiger charge is 2.48. The molecule has 3 atom stereocenters. The van der Waals surface area contributed by atoms with E-state index in [1.165, 1.54) is 0 Å². The van der Waals surface area contributed by atoms with Gasteiger partial charge in [-0.15, -0.1) is 0 Å². The van der Waals surface area contributed by atoms with Gasteiger partial charge in [0.15, 0.2) is 0 Å². The van der Waals surface area contributed by atoms with E-state index >= 15 is 0 Å². The number of unbranched alkanes of at least 4 members (excludes halogenated alkanes) is 1. The fraction of sp³-hybridized carbons (Fsp3) is 0.565. The minimum Gasteiger partial charge on any atom is -0.497 e. The number of nitrogens with one attached hydrogen (secondary N) is 2. The van der Waals surface area contributed by atoms with Crippen LogP contribution in [-0.2, 0) is 16.0 Å². The van der Waals surface area contributed by atoms with Gasteiger partial charge in [-0.25, -0.2) is 0 Å². The van der Waals surface area contributed by atoms with Crippen LogP contribution in [0.2, 0.25) is 0 Å². The molecular weight excluding hydrogens is 366 g/mol. The van der Waals surface area contributed by atoms with Crippen LogP contribution in [0.15, 0.2) is 18.2 Å². The normalized spacial score (nSPS) is 23.9. The molecule has 0 unspecified atom stereocenters. The lowest BCUT2D eigenvalue weighted by atomic mass is 9.85. The van der Waals surface area contributed by atoms with E-state index in [0.29, 0.717) is 18.8 Å². The van der Waals surface area contributed by atoms with Crippen molar-refractivity contribution in [2.45, 2.75) is 71.0 Å². The molecule has 0 bridgehead atoms. The van der Waals surface area contributed by atoms with E-state index in [2.05, 4.69) is 37.1 Å². The van der Waals surface area contributed by atoms with Gasteiger partial charge in [0.25, 0.3) is 0 Å². The molecule has 6 heteroatoms. The van der Waals surface area contributed by atoms with E-state index in [0.717, 1.165) is 47.2 Å². The third kappa shape index (κ3) is 3.38. The highest BCUT2D eigenvalue weighted by Crippen LogP contribution is 2.42. The number of carbonyl (C=O) groups excluding carboxylic acids is 2. The van der Waals surface area contributed by atoms with Gasteiger partial charge in [-0.05, 0) is 36.5 Å². The quantitative estimate of drug-likeness (QED) is 0.780. The molecule has 2 aliphatic heterocycles. The number of methoxy groups -OCH3 is 1. The Morgan fingerprint density at radius 3 is 2.76 bits per heavy atom. The molecule has 2 N–H and O–H groups in total. The predicted octanol–water partition coefficient (Wildman–Crippen LogP) is 3.71. The molecule has 2 aromatic rings. The van der Waals surface area contributed by atoms with Gasteiger partial charge in [0.1, 0.15) is 17.8 Å². The Morgan fingerprint density at radius 2 is 2.07 bits per heavy atom. The molecule has 2 aliphatic rings. The fourth-order valence-corrected chi connectivity index (χ4v) is 4.85. The van der Waals surface area contributed by atoms with Gasteiger partial charge in [-0.1, -0.05) is 33.6 Å². The summed E-state index contributed by atoms with van der Waals surface area (Å²) in [5, 5.41) is 4.12. The van der Waals surface area contributed by atoms with Crippen LogP contribution in [0.5, 0.6) is 5.75 Å². The van der Waals surface area contributed by atoms with Crippen LogP contribution in [0.3, 0.4) is 0 Å². The van der Waals surface area contributed by atoms with E-state index < -0.39 is 12.1 Å². The molecule has 1 saturated heterocycles. The monoisotopic (exact) mass is 397 g/mol. The lowest BCUT2D eigenvalue weighted by Gasteiger charge is -2.46.